The van der Waals surface area contributed by atoms with Gasteiger partial charge in [-0.2, -0.15) is 0 Å². The van der Waals surface area contributed by atoms with Crippen molar-refractivity contribution in [3.05, 3.63) is 138 Å². The summed E-state index contributed by atoms with van der Waals surface area (Å²) in [6.07, 6.45) is 0. The average molecular weight is 365 g/mol. The number of para-hydroxylation sites is 1. The molecule has 0 aliphatic heterocycles. The van der Waals surface area contributed by atoms with E-state index >= 15 is 0 Å². The van der Waals surface area contributed by atoms with Gasteiger partial charge in [0.1, 0.15) is 25.3 Å². The molecule has 4 aromatic carbocycles. The molecule has 0 saturated heterocycles. The highest BCUT2D eigenvalue weighted by molar-refractivity contribution is 5.45. The lowest BCUT2D eigenvalue weighted by atomic mass is 10.0. The first kappa shape index (κ1) is 18.2. The van der Waals surface area contributed by atoms with Crippen LogP contribution in [0.15, 0.2) is 121 Å². The summed E-state index contributed by atoms with van der Waals surface area (Å²) >= 11 is 0. The summed E-state index contributed by atoms with van der Waals surface area (Å²) in [5, 5.41) is 0. The Kier molecular flexibility index (Phi) is 5.65. The Morgan fingerprint density at radius 1 is 0.357 bits per heavy atom. The van der Waals surface area contributed by atoms with Crippen LogP contribution in [0.25, 0.3) is 0 Å². The van der Waals surface area contributed by atoms with E-state index in [-0.39, 0.29) is 0 Å². The zero-order chi connectivity index (χ0) is 19.1. The van der Waals surface area contributed by atoms with Crippen LogP contribution in [0.1, 0.15) is 16.7 Å². The summed E-state index contributed by atoms with van der Waals surface area (Å²) < 4.78 is 0.860. The number of benzene rings is 4. The van der Waals surface area contributed by atoms with Crippen LogP contribution in [-0.4, -0.2) is 0 Å². The summed E-state index contributed by atoms with van der Waals surface area (Å²) in [4.78, 5) is 0. The van der Waals surface area contributed by atoms with E-state index in [4.69, 9.17) is 0 Å². The molecule has 1 heteroatoms. The third-order valence-corrected chi connectivity index (χ3v) is 5.29. The molecule has 0 amide bonds. The van der Waals surface area contributed by atoms with E-state index in [1.165, 1.54) is 22.4 Å². The standard InChI is InChI=1S/C27H26N/c1-5-13-24(14-6-1)21-28(27-19-11-4-12-20-27,22-25-15-7-2-8-16-25)23-26-17-9-3-10-18-26/h1-20H,21-23H2/q+1. The SMILES string of the molecule is c1ccc(C[N+](Cc2ccccc2)(Cc2ccccc2)c2ccccc2)cc1. The van der Waals surface area contributed by atoms with Crippen molar-refractivity contribution in [3.63, 3.8) is 0 Å². The first-order valence-electron chi connectivity index (χ1n) is 9.88. The minimum absolute atomic E-state index is 0.860. The fourth-order valence-corrected chi connectivity index (χ4v) is 3.98. The van der Waals surface area contributed by atoms with Crippen LogP contribution in [0.5, 0.6) is 0 Å². The van der Waals surface area contributed by atoms with Crippen LogP contribution >= 0.6 is 0 Å². The van der Waals surface area contributed by atoms with Crippen LogP contribution in [0, 0.1) is 0 Å². The molecule has 0 saturated carbocycles. The van der Waals surface area contributed by atoms with Crippen molar-refractivity contribution < 1.29 is 0 Å². The van der Waals surface area contributed by atoms with Gasteiger partial charge in [-0.1, -0.05) is 109 Å². The van der Waals surface area contributed by atoms with E-state index < -0.39 is 0 Å². The number of hydrogen-bond donors (Lipinski definition) is 0. The normalized spacial score (nSPS) is 11.3. The summed E-state index contributed by atoms with van der Waals surface area (Å²) in [6, 6.07) is 43.5. The summed E-state index contributed by atoms with van der Waals surface area (Å²) in [5.41, 5.74) is 5.42. The van der Waals surface area contributed by atoms with Crippen LogP contribution < -0.4 is 4.48 Å². The Morgan fingerprint density at radius 2 is 0.643 bits per heavy atom. The van der Waals surface area contributed by atoms with Crippen molar-refractivity contribution >= 4 is 5.69 Å². The van der Waals surface area contributed by atoms with Gasteiger partial charge in [-0.05, 0) is 12.1 Å². The lowest BCUT2D eigenvalue weighted by Crippen LogP contribution is -2.47. The fourth-order valence-electron chi connectivity index (χ4n) is 3.98. The van der Waals surface area contributed by atoms with E-state index in [1.54, 1.807) is 0 Å². The first-order chi connectivity index (χ1) is 13.8. The molecule has 0 radical (unpaired) electrons. The second-order valence-corrected chi connectivity index (χ2v) is 7.41. The van der Waals surface area contributed by atoms with Crippen LogP contribution in [0.4, 0.5) is 5.69 Å². The molecule has 0 fully saturated rings. The van der Waals surface area contributed by atoms with E-state index in [9.17, 15) is 0 Å². The molecule has 28 heavy (non-hydrogen) atoms. The van der Waals surface area contributed by atoms with Crippen molar-refractivity contribution in [2.24, 2.45) is 0 Å². The van der Waals surface area contributed by atoms with Gasteiger partial charge in [0, 0.05) is 16.7 Å². The molecular formula is C27H26N+. The first-order valence-corrected chi connectivity index (χ1v) is 9.88. The molecule has 0 aliphatic rings. The monoisotopic (exact) mass is 364 g/mol. The van der Waals surface area contributed by atoms with Gasteiger partial charge in [0.15, 0.2) is 0 Å². The molecule has 0 aromatic heterocycles. The number of quaternary nitrogens is 1. The maximum atomic E-state index is 2.27. The Balaban J connectivity index is 1.82. The lowest BCUT2D eigenvalue weighted by Gasteiger charge is -2.39. The van der Waals surface area contributed by atoms with Gasteiger partial charge in [0.05, 0.1) is 0 Å². The Bertz CT molecular complexity index is 862. The van der Waals surface area contributed by atoms with Gasteiger partial charge in [-0.3, -0.25) is 4.48 Å². The molecule has 0 spiro atoms. The molecule has 138 valence electrons. The molecule has 4 rings (SSSR count). The molecule has 0 atom stereocenters. The summed E-state index contributed by atoms with van der Waals surface area (Å²) in [7, 11) is 0. The molecular weight excluding hydrogens is 338 g/mol. The van der Waals surface area contributed by atoms with E-state index in [1.807, 2.05) is 0 Å². The van der Waals surface area contributed by atoms with Gasteiger partial charge in [0.2, 0.25) is 0 Å². The third kappa shape index (κ3) is 4.39. The van der Waals surface area contributed by atoms with Crippen LogP contribution in [0.3, 0.4) is 0 Å². The largest absolute Gasteiger partial charge is 0.280 e. The van der Waals surface area contributed by atoms with E-state index in [2.05, 4.69) is 121 Å². The minimum Gasteiger partial charge on any atom is -0.280 e. The highest BCUT2D eigenvalue weighted by atomic mass is 15.4. The van der Waals surface area contributed by atoms with E-state index in [0.717, 1.165) is 24.1 Å². The molecule has 1 nitrogen and oxygen atoms in total. The van der Waals surface area contributed by atoms with Crippen molar-refractivity contribution in [2.45, 2.75) is 19.6 Å². The summed E-state index contributed by atoms with van der Waals surface area (Å²) in [6.45, 7) is 2.86. The zero-order valence-corrected chi connectivity index (χ0v) is 16.1. The maximum absolute atomic E-state index is 2.27. The molecule has 4 aromatic rings. The van der Waals surface area contributed by atoms with Crippen molar-refractivity contribution in [3.8, 4) is 0 Å². The topological polar surface area (TPSA) is 0 Å². The van der Waals surface area contributed by atoms with Gasteiger partial charge in [-0.25, -0.2) is 0 Å². The Hall–Kier alpha value is -3.16. The van der Waals surface area contributed by atoms with Gasteiger partial charge >= 0.3 is 0 Å². The molecule has 0 aliphatic carbocycles. The molecule has 0 bridgehead atoms. The van der Waals surface area contributed by atoms with Gasteiger partial charge in [-0.15, -0.1) is 0 Å². The molecule has 0 N–H and O–H groups in total. The third-order valence-electron chi connectivity index (χ3n) is 5.29. The van der Waals surface area contributed by atoms with Crippen LogP contribution in [-0.2, 0) is 19.6 Å². The highest BCUT2D eigenvalue weighted by Crippen LogP contribution is 2.32. The average Bonchev–Trinajstić information content (AvgIpc) is 2.76. The predicted octanol–water partition coefficient (Wildman–Crippen LogP) is 6.59. The predicted molar refractivity (Wildman–Crippen MR) is 119 cm³/mol. The van der Waals surface area contributed by atoms with Crippen molar-refractivity contribution in [1.29, 1.82) is 0 Å². The number of hydrogen-bond acceptors (Lipinski definition) is 0. The second kappa shape index (κ2) is 8.69. The van der Waals surface area contributed by atoms with Crippen molar-refractivity contribution in [2.75, 3.05) is 0 Å². The molecule has 0 unspecified atom stereocenters. The quantitative estimate of drug-likeness (QED) is 0.324. The fraction of sp³-hybridized carbons (Fsp3) is 0.111. The molecule has 0 heterocycles. The van der Waals surface area contributed by atoms with Crippen molar-refractivity contribution in [1.82, 2.24) is 4.48 Å². The smallest absolute Gasteiger partial charge is 0.133 e. The zero-order valence-electron chi connectivity index (χ0n) is 16.1. The Labute approximate surface area is 168 Å². The maximum Gasteiger partial charge on any atom is 0.133 e. The summed E-state index contributed by atoms with van der Waals surface area (Å²) in [5.74, 6) is 0. The minimum atomic E-state index is 0.860. The van der Waals surface area contributed by atoms with Gasteiger partial charge < -0.3 is 0 Å². The lowest BCUT2D eigenvalue weighted by molar-refractivity contribution is 0.246. The Morgan fingerprint density at radius 3 is 0.964 bits per heavy atom. The number of nitrogens with zero attached hydrogens (tertiary/aromatic N) is 1. The van der Waals surface area contributed by atoms with Crippen LogP contribution in [0.2, 0.25) is 0 Å². The highest BCUT2D eigenvalue weighted by Gasteiger charge is 2.31. The number of rotatable bonds is 7. The second-order valence-electron chi connectivity index (χ2n) is 7.41. The van der Waals surface area contributed by atoms with E-state index in [0.29, 0.717) is 0 Å². The van der Waals surface area contributed by atoms with Gasteiger partial charge in [0.25, 0.3) is 0 Å².